The van der Waals surface area contributed by atoms with Crippen molar-refractivity contribution in [3.05, 3.63) is 242 Å². The van der Waals surface area contributed by atoms with Crippen molar-refractivity contribution in [1.82, 2.24) is 10.6 Å². The Morgan fingerprint density at radius 3 is 1.26 bits per heavy atom. The van der Waals surface area contributed by atoms with Gasteiger partial charge in [0, 0.05) is 131 Å². The summed E-state index contributed by atoms with van der Waals surface area (Å²) >= 11 is 0. The van der Waals surface area contributed by atoms with Crippen molar-refractivity contribution in [2.45, 2.75) is 159 Å². The number of amides is 2. The number of nitrogens with one attached hydrogen (secondary N) is 2. The van der Waals surface area contributed by atoms with E-state index in [4.69, 9.17) is 9.47 Å². The summed E-state index contributed by atoms with van der Waals surface area (Å²) in [7, 11) is 15.7. The third-order valence-electron chi connectivity index (χ3n) is 23.8. The number of hydrogen-bond acceptors (Lipinski definition) is 12. The van der Waals surface area contributed by atoms with Gasteiger partial charge < -0.3 is 49.9 Å². The predicted molar refractivity (Wildman–Crippen MR) is 452 cm³/mol. The molecule has 13 rings (SSSR count). The Balaban J connectivity index is 1.06. The quantitative estimate of drug-likeness (QED) is 0.0125. The highest BCUT2D eigenvalue weighted by Crippen LogP contribution is 2.57. The van der Waals surface area contributed by atoms with Gasteiger partial charge in [-0.3, -0.25) is 9.59 Å². The summed E-state index contributed by atoms with van der Waals surface area (Å²) in [5, 5.41) is 33.4. The van der Waals surface area contributed by atoms with Gasteiger partial charge in [0.05, 0.1) is 28.2 Å². The molecule has 0 radical (unpaired) electrons. The first kappa shape index (κ1) is 79.1. The maximum absolute atomic E-state index is 17.5. The van der Waals surface area contributed by atoms with Crippen molar-refractivity contribution in [2.24, 2.45) is 5.92 Å². The fourth-order valence-corrected chi connectivity index (χ4v) is 17.9. The normalized spacial score (nSPS) is 15.8. The number of hydrogen-bond donors (Lipinski definition) is 4. The lowest BCUT2D eigenvalue weighted by molar-refractivity contribution is -0.136. The van der Waals surface area contributed by atoms with E-state index in [0.717, 1.165) is 103 Å². The van der Waals surface area contributed by atoms with Crippen molar-refractivity contribution in [2.75, 3.05) is 89.1 Å². The molecule has 2 atom stereocenters. The van der Waals surface area contributed by atoms with Crippen LogP contribution in [0.3, 0.4) is 0 Å². The van der Waals surface area contributed by atoms with Crippen molar-refractivity contribution >= 4 is 96.3 Å². The molecule has 582 valence electrons. The molecule has 2 aliphatic heterocycles. The molecule has 2 amide bonds. The topological polar surface area (TPSA) is 198 Å². The van der Waals surface area contributed by atoms with Gasteiger partial charge in [-0.25, -0.2) is 19.2 Å². The van der Waals surface area contributed by atoms with E-state index < -0.39 is 63.8 Å². The monoisotopic (exact) mass is 1500 g/mol. The number of ether oxygens (including phenoxy) is 2. The van der Waals surface area contributed by atoms with Crippen molar-refractivity contribution in [3.8, 4) is 11.1 Å². The van der Waals surface area contributed by atoms with Crippen LogP contribution in [0.2, 0.25) is 0 Å². The molecule has 10 aromatic rings. The van der Waals surface area contributed by atoms with Crippen LogP contribution in [0.15, 0.2) is 176 Å². The van der Waals surface area contributed by atoms with Crippen LogP contribution in [0.25, 0.3) is 49.0 Å². The average molecular weight is 1510 g/mol. The number of nitrogens with zero attached hydrogens (tertiary/aromatic N) is 4. The number of aliphatic carboxylic acids is 1. The second-order valence-electron chi connectivity index (χ2n) is 31.8. The number of carboxylic acid groups (broad SMARTS) is 2. The Bertz CT molecular complexity index is 5120. The number of fused-ring (bicyclic) bond motifs is 4. The number of cyclic esters (lactones) is 2. The fourth-order valence-electron chi connectivity index (χ4n) is 17.9. The fraction of sp³-hybridized carbons (Fsp3) is 0.375. The van der Waals surface area contributed by atoms with Crippen molar-refractivity contribution < 1.29 is 48.5 Å². The van der Waals surface area contributed by atoms with E-state index in [-0.39, 0.29) is 45.9 Å². The van der Waals surface area contributed by atoms with Gasteiger partial charge in [0.1, 0.15) is 5.41 Å². The summed E-state index contributed by atoms with van der Waals surface area (Å²) in [6.07, 6.45) is 20.6. The largest absolute Gasteiger partial charge is 0.478 e. The van der Waals surface area contributed by atoms with Crippen LogP contribution in [0, 0.1) is 5.92 Å². The maximum Gasteiger partial charge on any atom is 0.340 e. The van der Waals surface area contributed by atoms with Crippen molar-refractivity contribution in [1.29, 1.82) is 0 Å². The summed E-state index contributed by atoms with van der Waals surface area (Å²) in [6.45, 7) is 4.70. The lowest BCUT2D eigenvalue weighted by Crippen LogP contribution is -2.59. The van der Waals surface area contributed by atoms with E-state index in [2.05, 4.69) is 24.5 Å². The third-order valence-corrected chi connectivity index (χ3v) is 23.8. The summed E-state index contributed by atoms with van der Waals surface area (Å²) in [5.41, 5.74) is 3.26. The number of rotatable bonds is 36. The standard InChI is InChI=1S/C96H108N6O10/c1-11-13-15-17-19-21-23-25-27-29-58-97-88(103)87-85(90(106)107)83-76(89(104)105)55-54-74-82-73(63-35-56-79-77(60-63)91(108)111-95(79,64-36-45-69(46-37-64)99(3)4)65-38-47-70(48-39-65)100(5)6)53-34-62-32-31-33-75(81(62)82)86(84(74)83)94(87,93(110)98-59-30-28-26-24-22-20-18-16-14-12-2)68-44-57-80-78(61-68)92(109)112-96(80,66-40-49-71(50-41-66)101(7)8)67-42-51-72(52-43-67)102(9)10/h31-57,60-61,87H,11-30,58-59H2,1-10H3,(H,97,103)(H,98,110)(H,104,105)(H,106,107). The predicted octanol–water partition coefficient (Wildman–Crippen LogP) is 18.6. The number of esters is 2. The number of carbonyl (C=O) groups is 6. The molecule has 2 unspecified atom stereocenters. The smallest absolute Gasteiger partial charge is 0.340 e. The van der Waals surface area contributed by atoms with Crippen LogP contribution < -0.4 is 35.5 Å². The van der Waals surface area contributed by atoms with E-state index in [1.165, 1.54) is 57.4 Å². The van der Waals surface area contributed by atoms with Gasteiger partial charge in [0.25, 0.3) is 0 Å². The molecule has 0 spiro atoms. The van der Waals surface area contributed by atoms with Gasteiger partial charge in [-0.1, -0.05) is 239 Å². The van der Waals surface area contributed by atoms with Gasteiger partial charge >= 0.3 is 23.9 Å². The molecule has 2 heterocycles. The summed E-state index contributed by atoms with van der Waals surface area (Å²) in [4.78, 5) is 103. The number of carbonyl (C=O) groups excluding carboxylic acids is 4. The zero-order chi connectivity index (χ0) is 79.2. The first-order valence-corrected chi connectivity index (χ1v) is 40.5. The van der Waals surface area contributed by atoms with Gasteiger partial charge in [0.15, 0.2) is 11.2 Å². The van der Waals surface area contributed by atoms with Gasteiger partial charge in [-0.15, -0.1) is 0 Å². The van der Waals surface area contributed by atoms with E-state index in [1.807, 2.05) is 222 Å². The summed E-state index contributed by atoms with van der Waals surface area (Å²) in [5.74, 6) is -7.79. The highest BCUT2D eigenvalue weighted by Gasteiger charge is 2.60. The molecule has 0 saturated carbocycles. The van der Waals surface area contributed by atoms with Gasteiger partial charge in [0.2, 0.25) is 11.8 Å². The van der Waals surface area contributed by atoms with E-state index >= 15 is 24.0 Å². The molecule has 0 saturated heterocycles. The Morgan fingerprint density at radius 2 is 0.821 bits per heavy atom. The van der Waals surface area contributed by atoms with Crippen LogP contribution in [0.5, 0.6) is 0 Å². The minimum atomic E-state index is -2.40. The molecule has 16 nitrogen and oxygen atoms in total. The molecule has 10 aromatic carbocycles. The number of aromatic carboxylic acids is 1. The zero-order valence-corrected chi connectivity index (χ0v) is 66.8. The molecule has 16 heteroatoms. The highest BCUT2D eigenvalue weighted by molar-refractivity contribution is 6.33. The molecular formula is C96H108N6O10. The Kier molecular flexibility index (Phi) is 24.0. The van der Waals surface area contributed by atoms with Crippen LogP contribution >= 0.6 is 0 Å². The number of unbranched alkanes of at least 4 members (excludes halogenated alkanes) is 18. The van der Waals surface area contributed by atoms with E-state index in [0.29, 0.717) is 73.3 Å². The van der Waals surface area contributed by atoms with Crippen LogP contribution in [-0.4, -0.2) is 115 Å². The molecular weight excluding hydrogens is 1400 g/mol. The number of benzene rings is 10. The van der Waals surface area contributed by atoms with Crippen molar-refractivity contribution in [3.63, 3.8) is 0 Å². The second-order valence-corrected chi connectivity index (χ2v) is 31.8. The highest BCUT2D eigenvalue weighted by atomic mass is 16.6. The molecule has 0 bridgehead atoms. The molecule has 1 aliphatic carbocycles. The minimum absolute atomic E-state index is 0.0899. The second kappa shape index (κ2) is 33.9. The molecule has 3 aliphatic rings. The molecule has 4 N–H and O–H groups in total. The average Bonchev–Trinajstić information content (AvgIpc) is 0.765. The Hall–Kier alpha value is -11.0. The van der Waals surface area contributed by atoms with Crippen LogP contribution in [0.1, 0.15) is 218 Å². The Labute approximate surface area is 659 Å². The maximum atomic E-state index is 17.5. The minimum Gasteiger partial charge on any atom is -0.478 e. The van der Waals surface area contributed by atoms with Gasteiger partial charge in [-0.2, -0.15) is 0 Å². The summed E-state index contributed by atoms with van der Waals surface area (Å²) < 4.78 is 13.7. The first-order chi connectivity index (χ1) is 54.1. The molecule has 112 heavy (non-hydrogen) atoms. The summed E-state index contributed by atoms with van der Waals surface area (Å²) in [6, 6.07) is 55.3. The number of anilines is 4. The van der Waals surface area contributed by atoms with Gasteiger partial charge in [-0.05, 0) is 134 Å². The first-order valence-electron chi connectivity index (χ1n) is 40.5. The SMILES string of the molecule is CCCCCCCCCCCCNC(=O)C1C(C(=O)O)=c2c(C(=O)O)ccc3c2c(c2cccc4ccc(-c5ccc6c(c5)C(=O)OC6(c5ccc(N(C)C)cc5)c5ccc(N(C)C)cc5)c3c42)C1(C(=O)NCCCCCCCCCCCC)c1ccc2c(c1)C(=O)OC2(c1ccc(N(C)C)cc1)c1ccc(N(C)C)cc1. The third kappa shape index (κ3) is 14.6. The van der Waals surface area contributed by atoms with Crippen LogP contribution in [-0.2, 0) is 40.5 Å². The zero-order valence-electron chi connectivity index (χ0n) is 66.8. The van der Waals surface area contributed by atoms with Crippen LogP contribution in [0.4, 0.5) is 22.7 Å². The van der Waals surface area contributed by atoms with E-state index in [1.54, 1.807) is 24.3 Å². The Morgan fingerprint density at radius 1 is 0.402 bits per heavy atom. The lowest BCUT2D eigenvalue weighted by Gasteiger charge is -2.44. The van der Waals surface area contributed by atoms with E-state index in [9.17, 15) is 15.0 Å². The molecule has 0 fully saturated rings. The lowest BCUT2D eigenvalue weighted by atomic mass is 9.56. The number of carboxylic acids is 2. The molecule has 0 aromatic heterocycles.